The third-order valence-electron chi connectivity index (χ3n) is 3.35. The number of hydrogen-bond donors (Lipinski definition) is 0. The van der Waals surface area contributed by atoms with E-state index in [0.29, 0.717) is 18.4 Å². The van der Waals surface area contributed by atoms with Crippen LogP contribution in [-0.2, 0) is 16.0 Å². The molecule has 1 saturated carbocycles. The fourth-order valence-electron chi connectivity index (χ4n) is 2.15. The molecule has 1 aromatic rings. The highest BCUT2D eigenvalue weighted by Gasteiger charge is 2.43. The van der Waals surface area contributed by atoms with E-state index >= 15 is 0 Å². The topological polar surface area (TPSA) is 26.3 Å². The van der Waals surface area contributed by atoms with Gasteiger partial charge in [0.25, 0.3) is 0 Å². The Kier molecular flexibility index (Phi) is 3.24. The zero-order chi connectivity index (χ0) is 12.5. The Morgan fingerprint density at radius 2 is 1.88 bits per heavy atom. The fraction of sp³-hybridized carbons (Fsp3) is 0.462. The summed E-state index contributed by atoms with van der Waals surface area (Å²) in [6, 6.07) is 3.16. The van der Waals surface area contributed by atoms with E-state index in [0.717, 1.165) is 12.5 Å². The second-order valence-electron chi connectivity index (χ2n) is 4.43. The van der Waals surface area contributed by atoms with Crippen molar-refractivity contribution in [1.29, 1.82) is 0 Å². The van der Waals surface area contributed by atoms with Crippen molar-refractivity contribution in [2.24, 2.45) is 0 Å². The zero-order valence-corrected chi connectivity index (χ0v) is 9.63. The van der Waals surface area contributed by atoms with Crippen molar-refractivity contribution in [2.45, 2.75) is 31.3 Å². The molecule has 0 saturated heterocycles. The highest BCUT2D eigenvalue weighted by Crippen LogP contribution is 2.36. The van der Waals surface area contributed by atoms with Gasteiger partial charge in [0.05, 0.1) is 0 Å². The molecule has 0 radical (unpaired) electrons. The molecule has 0 heterocycles. The van der Waals surface area contributed by atoms with Crippen LogP contribution in [0.2, 0.25) is 0 Å². The normalized spacial score (nSPS) is 17.6. The van der Waals surface area contributed by atoms with Gasteiger partial charge in [0.15, 0.2) is 5.78 Å². The van der Waals surface area contributed by atoms with E-state index in [1.165, 1.54) is 19.2 Å². The smallest absolute Gasteiger partial charge is 0.168 e. The Balaban J connectivity index is 2.12. The van der Waals surface area contributed by atoms with Crippen LogP contribution < -0.4 is 0 Å². The Labute approximate surface area is 98.6 Å². The Bertz CT molecular complexity index is 413. The lowest BCUT2D eigenvalue weighted by Gasteiger charge is -2.38. The molecule has 0 amide bonds. The Morgan fingerprint density at radius 3 is 2.29 bits per heavy atom. The summed E-state index contributed by atoms with van der Waals surface area (Å²) in [6.45, 7) is 0. The number of carbonyl (C=O) groups excluding carboxylic acids is 1. The molecule has 17 heavy (non-hydrogen) atoms. The van der Waals surface area contributed by atoms with Crippen LogP contribution in [0.4, 0.5) is 8.78 Å². The van der Waals surface area contributed by atoms with E-state index in [-0.39, 0.29) is 12.2 Å². The SMILES string of the molecule is COC1(C(=O)Cc2cc(F)cc(F)c2)CCC1. The first-order valence-corrected chi connectivity index (χ1v) is 5.59. The van der Waals surface area contributed by atoms with Crippen molar-refractivity contribution in [1.82, 2.24) is 0 Å². The number of hydrogen-bond acceptors (Lipinski definition) is 2. The quantitative estimate of drug-likeness (QED) is 0.808. The molecular formula is C13H14F2O2. The predicted molar refractivity (Wildman–Crippen MR) is 58.7 cm³/mol. The monoisotopic (exact) mass is 240 g/mol. The summed E-state index contributed by atoms with van der Waals surface area (Å²) in [5.41, 5.74) is -0.362. The Hall–Kier alpha value is -1.29. The summed E-state index contributed by atoms with van der Waals surface area (Å²) in [7, 11) is 1.50. The molecule has 0 unspecified atom stereocenters. The maximum absolute atomic E-state index is 13.0. The lowest BCUT2D eigenvalue weighted by Crippen LogP contribution is -2.47. The molecular weight excluding hydrogens is 226 g/mol. The highest BCUT2D eigenvalue weighted by atomic mass is 19.1. The van der Waals surface area contributed by atoms with E-state index in [1.807, 2.05) is 0 Å². The van der Waals surface area contributed by atoms with Crippen molar-refractivity contribution in [3.8, 4) is 0 Å². The van der Waals surface area contributed by atoms with Gasteiger partial charge in [-0.3, -0.25) is 4.79 Å². The predicted octanol–water partition coefficient (Wildman–Crippen LogP) is 2.65. The molecule has 1 aliphatic carbocycles. The van der Waals surface area contributed by atoms with Crippen LogP contribution in [-0.4, -0.2) is 18.5 Å². The molecule has 1 fully saturated rings. The standard InChI is InChI=1S/C13H14F2O2/c1-17-13(3-2-4-13)12(16)7-9-5-10(14)8-11(15)6-9/h5-6,8H,2-4,7H2,1H3. The van der Waals surface area contributed by atoms with Crippen molar-refractivity contribution in [3.63, 3.8) is 0 Å². The highest BCUT2D eigenvalue weighted by molar-refractivity contribution is 5.90. The van der Waals surface area contributed by atoms with Gasteiger partial charge in [0.1, 0.15) is 17.2 Å². The molecule has 0 bridgehead atoms. The summed E-state index contributed by atoms with van der Waals surface area (Å²) >= 11 is 0. The number of Topliss-reactive ketones (excluding diaryl/α,β-unsaturated/α-hetero) is 1. The molecule has 0 aliphatic heterocycles. The number of carbonyl (C=O) groups is 1. The van der Waals surface area contributed by atoms with E-state index in [9.17, 15) is 13.6 Å². The van der Waals surface area contributed by atoms with Gasteiger partial charge in [-0.25, -0.2) is 8.78 Å². The van der Waals surface area contributed by atoms with Crippen molar-refractivity contribution < 1.29 is 18.3 Å². The average molecular weight is 240 g/mol. The van der Waals surface area contributed by atoms with Crippen molar-refractivity contribution in [3.05, 3.63) is 35.4 Å². The average Bonchev–Trinajstić information content (AvgIpc) is 2.14. The van der Waals surface area contributed by atoms with Crippen LogP contribution in [0.25, 0.3) is 0 Å². The second-order valence-corrected chi connectivity index (χ2v) is 4.43. The van der Waals surface area contributed by atoms with Crippen LogP contribution in [0, 0.1) is 11.6 Å². The van der Waals surface area contributed by atoms with Gasteiger partial charge in [-0.05, 0) is 37.0 Å². The van der Waals surface area contributed by atoms with Gasteiger partial charge in [0, 0.05) is 19.6 Å². The van der Waals surface area contributed by atoms with E-state index in [4.69, 9.17) is 4.74 Å². The van der Waals surface area contributed by atoms with E-state index in [1.54, 1.807) is 0 Å². The maximum atomic E-state index is 13.0. The van der Waals surface area contributed by atoms with Crippen molar-refractivity contribution in [2.75, 3.05) is 7.11 Å². The summed E-state index contributed by atoms with van der Waals surface area (Å²) in [4.78, 5) is 12.0. The lowest BCUT2D eigenvalue weighted by molar-refractivity contribution is -0.151. The second kappa shape index (κ2) is 4.53. The van der Waals surface area contributed by atoms with Crippen LogP contribution >= 0.6 is 0 Å². The summed E-state index contributed by atoms with van der Waals surface area (Å²) < 4.78 is 31.2. The summed E-state index contributed by atoms with van der Waals surface area (Å²) in [5.74, 6) is -1.42. The summed E-state index contributed by atoms with van der Waals surface area (Å²) in [5, 5.41) is 0. The van der Waals surface area contributed by atoms with Gasteiger partial charge in [-0.15, -0.1) is 0 Å². The molecule has 2 rings (SSSR count). The first-order chi connectivity index (χ1) is 8.05. The van der Waals surface area contributed by atoms with E-state index < -0.39 is 17.2 Å². The zero-order valence-electron chi connectivity index (χ0n) is 9.63. The lowest BCUT2D eigenvalue weighted by atomic mass is 9.75. The van der Waals surface area contributed by atoms with Gasteiger partial charge in [-0.1, -0.05) is 0 Å². The minimum Gasteiger partial charge on any atom is -0.370 e. The minimum absolute atomic E-state index is 0.0164. The number of methoxy groups -OCH3 is 1. The largest absolute Gasteiger partial charge is 0.370 e. The number of ketones is 1. The molecule has 2 nitrogen and oxygen atoms in total. The number of rotatable bonds is 4. The molecule has 1 aromatic carbocycles. The van der Waals surface area contributed by atoms with Crippen LogP contribution in [0.3, 0.4) is 0 Å². The maximum Gasteiger partial charge on any atom is 0.168 e. The third-order valence-corrected chi connectivity index (χ3v) is 3.35. The molecule has 92 valence electrons. The van der Waals surface area contributed by atoms with Gasteiger partial charge < -0.3 is 4.74 Å². The molecule has 0 spiro atoms. The number of benzene rings is 1. The molecule has 4 heteroatoms. The Morgan fingerprint density at radius 1 is 1.29 bits per heavy atom. The molecule has 0 aromatic heterocycles. The van der Waals surface area contributed by atoms with Crippen LogP contribution in [0.15, 0.2) is 18.2 Å². The molecule has 0 N–H and O–H groups in total. The van der Waals surface area contributed by atoms with Gasteiger partial charge >= 0.3 is 0 Å². The first kappa shape index (κ1) is 12.2. The number of halogens is 2. The third kappa shape index (κ3) is 2.36. The van der Waals surface area contributed by atoms with E-state index in [2.05, 4.69) is 0 Å². The van der Waals surface area contributed by atoms with Gasteiger partial charge in [0.2, 0.25) is 0 Å². The van der Waals surface area contributed by atoms with Crippen molar-refractivity contribution >= 4 is 5.78 Å². The number of ether oxygens (including phenoxy) is 1. The first-order valence-electron chi connectivity index (χ1n) is 5.59. The fourth-order valence-corrected chi connectivity index (χ4v) is 2.15. The summed E-state index contributed by atoms with van der Waals surface area (Å²) in [6.07, 6.45) is 2.36. The minimum atomic E-state index is -0.719. The van der Waals surface area contributed by atoms with Gasteiger partial charge in [-0.2, -0.15) is 0 Å². The molecule has 0 atom stereocenters. The van der Waals surface area contributed by atoms with Crippen LogP contribution in [0.5, 0.6) is 0 Å². The molecule has 1 aliphatic rings. The van der Waals surface area contributed by atoms with Crippen LogP contribution in [0.1, 0.15) is 24.8 Å².